The second-order valence-electron chi connectivity index (χ2n) is 12.2. The summed E-state index contributed by atoms with van der Waals surface area (Å²) in [5, 5.41) is 6.53. The maximum atomic E-state index is 15.2. The first-order chi connectivity index (χ1) is 21.9. The van der Waals surface area contributed by atoms with Crippen LogP contribution < -0.4 is 5.32 Å². The number of fused-ring (bicyclic) bond motifs is 4. The standard InChI is InChI=1S/C33H28F6N6O/c1-15(2)23-4-3-17(13-41-23)20-12-25-24(5-6-40-25)43-29(20)26(9-16-7-18(34)10-19(35)8-16)42-27(46)14-45-31-28(30(44-45)32(36)37)21-11-22(21)33(31,38)39/h3-8,10,12-13,15,21-22,26,32,40H,9,11,14H2,1-2H3,(H,42,46)/t21-,22+,26?/m0/s1. The number of pyridine rings is 2. The SMILES string of the molecule is CC(C)c1ccc(-c2cc3[nH]ccc3nc2C(Cc2cc(F)cc(F)c2)NC(=O)Cn2nc(C(F)F)c3c2C(F)(F)[C@@H]2C[C@H]32)cn1. The van der Waals surface area contributed by atoms with Gasteiger partial charge in [-0.15, -0.1) is 0 Å². The quantitative estimate of drug-likeness (QED) is 0.164. The number of amides is 1. The molecule has 13 heteroatoms. The van der Waals surface area contributed by atoms with Crippen LogP contribution in [0.3, 0.4) is 0 Å². The van der Waals surface area contributed by atoms with Crippen molar-refractivity contribution in [2.45, 2.75) is 63.5 Å². The lowest BCUT2D eigenvalue weighted by Gasteiger charge is -2.23. The zero-order valence-corrected chi connectivity index (χ0v) is 24.7. The summed E-state index contributed by atoms with van der Waals surface area (Å²) in [6.45, 7) is 3.23. The summed E-state index contributed by atoms with van der Waals surface area (Å²) < 4.78 is 87.1. The zero-order chi connectivity index (χ0) is 32.5. The molecule has 46 heavy (non-hydrogen) atoms. The fourth-order valence-electron chi connectivity index (χ4n) is 6.53. The van der Waals surface area contributed by atoms with Crippen molar-refractivity contribution in [3.05, 3.63) is 100 Å². The van der Waals surface area contributed by atoms with E-state index in [9.17, 15) is 22.4 Å². The van der Waals surface area contributed by atoms with Crippen LogP contribution in [0.5, 0.6) is 0 Å². The van der Waals surface area contributed by atoms with Crippen LogP contribution >= 0.6 is 0 Å². The lowest BCUT2D eigenvalue weighted by atomic mass is 9.95. The molecule has 1 aromatic carbocycles. The molecule has 1 fully saturated rings. The average molecular weight is 639 g/mol. The van der Waals surface area contributed by atoms with Gasteiger partial charge in [-0.3, -0.25) is 14.5 Å². The molecule has 238 valence electrons. The molecule has 0 aliphatic heterocycles. The number of alkyl halides is 4. The molecule has 4 heterocycles. The normalized spacial score (nSPS) is 18.7. The number of aromatic amines is 1. The van der Waals surface area contributed by atoms with Gasteiger partial charge in [-0.05, 0) is 60.6 Å². The van der Waals surface area contributed by atoms with Gasteiger partial charge in [-0.25, -0.2) is 22.5 Å². The number of benzene rings is 1. The summed E-state index contributed by atoms with van der Waals surface area (Å²) >= 11 is 0. The van der Waals surface area contributed by atoms with E-state index in [2.05, 4.69) is 20.4 Å². The van der Waals surface area contributed by atoms with E-state index in [0.29, 0.717) is 32.5 Å². The first-order valence-corrected chi connectivity index (χ1v) is 14.9. The van der Waals surface area contributed by atoms with Crippen LogP contribution in [0, 0.1) is 17.6 Å². The smallest absolute Gasteiger partial charge is 0.293 e. The fourth-order valence-corrected chi connectivity index (χ4v) is 6.53. The third kappa shape index (κ3) is 5.21. The molecule has 5 aromatic rings. The third-order valence-electron chi connectivity index (χ3n) is 8.74. The van der Waals surface area contributed by atoms with Crippen LogP contribution in [-0.2, 0) is 23.7 Å². The predicted molar refractivity (Wildman–Crippen MR) is 156 cm³/mol. The Morgan fingerprint density at radius 1 is 1.09 bits per heavy atom. The van der Waals surface area contributed by atoms with Gasteiger partial charge >= 0.3 is 0 Å². The number of carbonyl (C=O) groups is 1. The van der Waals surface area contributed by atoms with Crippen molar-refractivity contribution in [3.8, 4) is 11.1 Å². The summed E-state index contributed by atoms with van der Waals surface area (Å²) in [5.41, 5.74) is 2.24. The molecule has 3 atom stereocenters. The van der Waals surface area contributed by atoms with Gasteiger partial charge in [0.2, 0.25) is 5.91 Å². The topological polar surface area (TPSA) is 88.5 Å². The van der Waals surface area contributed by atoms with Gasteiger partial charge < -0.3 is 10.3 Å². The Morgan fingerprint density at radius 3 is 2.52 bits per heavy atom. The maximum absolute atomic E-state index is 15.2. The molecule has 1 amide bonds. The van der Waals surface area contributed by atoms with E-state index < -0.39 is 65.7 Å². The number of hydrogen-bond donors (Lipinski definition) is 2. The minimum atomic E-state index is -3.40. The van der Waals surface area contributed by atoms with E-state index in [1.54, 1.807) is 18.5 Å². The van der Waals surface area contributed by atoms with Gasteiger partial charge in [0.05, 0.1) is 22.8 Å². The van der Waals surface area contributed by atoms with Crippen molar-refractivity contribution in [1.29, 1.82) is 0 Å². The minimum Gasteiger partial charge on any atom is -0.360 e. The fraction of sp³-hybridized carbons (Fsp3) is 0.333. The number of carbonyl (C=O) groups excluding carboxylic acids is 1. The van der Waals surface area contributed by atoms with Gasteiger partial charge in [0.25, 0.3) is 12.3 Å². The van der Waals surface area contributed by atoms with Crippen LogP contribution in [0.4, 0.5) is 26.3 Å². The first-order valence-electron chi connectivity index (χ1n) is 14.9. The Labute approximate surface area is 259 Å². The minimum absolute atomic E-state index is 0.0902. The summed E-state index contributed by atoms with van der Waals surface area (Å²) in [6.07, 6.45) is 0.224. The van der Waals surface area contributed by atoms with E-state index in [1.807, 2.05) is 32.0 Å². The molecule has 2 N–H and O–H groups in total. The molecule has 0 spiro atoms. The molecule has 2 aliphatic rings. The molecule has 0 radical (unpaired) electrons. The molecule has 0 saturated heterocycles. The van der Waals surface area contributed by atoms with Gasteiger partial charge in [0.1, 0.15) is 29.6 Å². The van der Waals surface area contributed by atoms with Crippen molar-refractivity contribution in [2.75, 3.05) is 0 Å². The Balaban J connectivity index is 1.29. The summed E-state index contributed by atoms with van der Waals surface area (Å²) in [6, 6.07) is 9.19. The van der Waals surface area contributed by atoms with E-state index in [1.165, 1.54) is 0 Å². The summed E-state index contributed by atoms with van der Waals surface area (Å²) in [5.74, 6) is -7.50. The third-order valence-corrected chi connectivity index (χ3v) is 8.74. The average Bonchev–Trinajstić information content (AvgIpc) is 3.40. The van der Waals surface area contributed by atoms with Crippen molar-refractivity contribution in [2.24, 2.45) is 5.92 Å². The molecular weight excluding hydrogens is 610 g/mol. The highest BCUT2D eigenvalue weighted by Crippen LogP contribution is 2.68. The number of nitrogens with zero attached hydrogens (tertiary/aromatic N) is 4. The van der Waals surface area contributed by atoms with Gasteiger partial charge in [-0.2, -0.15) is 13.9 Å². The monoisotopic (exact) mass is 638 g/mol. The van der Waals surface area contributed by atoms with Gasteiger partial charge in [0, 0.05) is 46.8 Å². The van der Waals surface area contributed by atoms with Gasteiger partial charge in [-0.1, -0.05) is 19.9 Å². The number of nitrogens with one attached hydrogen (secondary N) is 2. The van der Waals surface area contributed by atoms with Crippen LogP contribution in [-0.4, -0.2) is 30.6 Å². The lowest BCUT2D eigenvalue weighted by Crippen LogP contribution is -2.35. The van der Waals surface area contributed by atoms with Crippen molar-refractivity contribution in [3.63, 3.8) is 0 Å². The van der Waals surface area contributed by atoms with Gasteiger partial charge in [0.15, 0.2) is 0 Å². The van der Waals surface area contributed by atoms with Crippen LogP contribution in [0.15, 0.2) is 54.9 Å². The van der Waals surface area contributed by atoms with Crippen LogP contribution in [0.1, 0.15) is 78.5 Å². The highest BCUT2D eigenvalue weighted by molar-refractivity contribution is 5.83. The maximum Gasteiger partial charge on any atom is 0.293 e. The van der Waals surface area contributed by atoms with Crippen molar-refractivity contribution < 1.29 is 31.1 Å². The summed E-state index contributed by atoms with van der Waals surface area (Å²) in [7, 11) is 0. The molecule has 1 saturated carbocycles. The predicted octanol–water partition coefficient (Wildman–Crippen LogP) is 7.47. The van der Waals surface area contributed by atoms with Crippen LogP contribution in [0.2, 0.25) is 0 Å². The molecule has 7 rings (SSSR count). The Bertz CT molecular complexity index is 1950. The Morgan fingerprint density at radius 2 is 1.85 bits per heavy atom. The first kappa shape index (κ1) is 30.0. The van der Waals surface area contributed by atoms with E-state index in [0.717, 1.165) is 23.9 Å². The molecule has 2 aliphatic carbocycles. The molecule has 0 bridgehead atoms. The molecule has 4 aromatic heterocycles. The lowest BCUT2D eigenvalue weighted by molar-refractivity contribution is -0.123. The highest BCUT2D eigenvalue weighted by Gasteiger charge is 2.67. The molecular formula is C33H28F6N6O. The number of rotatable bonds is 9. The van der Waals surface area contributed by atoms with Crippen molar-refractivity contribution >= 4 is 16.9 Å². The Hall–Kier alpha value is -4.68. The number of aromatic nitrogens is 5. The van der Waals surface area contributed by atoms with Crippen molar-refractivity contribution in [1.82, 2.24) is 30.0 Å². The molecule has 1 unspecified atom stereocenters. The van der Waals surface area contributed by atoms with Crippen LogP contribution in [0.25, 0.3) is 22.2 Å². The van der Waals surface area contributed by atoms with E-state index in [-0.39, 0.29) is 29.9 Å². The number of hydrogen-bond acceptors (Lipinski definition) is 4. The number of H-pyrrole nitrogens is 1. The van der Waals surface area contributed by atoms with E-state index >= 15 is 8.78 Å². The Kier molecular flexibility index (Phi) is 7.17. The van der Waals surface area contributed by atoms with E-state index in [4.69, 9.17) is 4.98 Å². The highest BCUT2D eigenvalue weighted by atomic mass is 19.3. The largest absolute Gasteiger partial charge is 0.360 e. The second-order valence-corrected chi connectivity index (χ2v) is 12.2. The second kappa shape index (κ2) is 11.0. The summed E-state index contributed by atoms with van der Waals surface area (Å²) in [4.78, 5) is 26.0. The molecule has 7 nitrogen and oxygen atoms in total. The zero-order valence-electron chi connectivity index (χ0n) is 24.7. The number of halogens is 6.